The Bertz CT molecular complexity index is 148. The van der Waals surface area contributed by atoms with E-state index in [0.717, 1.165) is 0 Å². The largest absolute Gasteiger partial charge is 0.370 e. The minimum Gasteiger partial charge on any atom is -0.370 e. The molecule has 6 nitrogen and oxygen atoms in total. The molecule has 0 amide bonds. The first-order valence-electron chi connectivity index (χ1n) is 3.52. The lowest BCUT2D eigenvalue weighted by Crippen LogP contribution is -2.23. The summed E-state index contributed by atoms with van der Waals surface area (Å²) in [6.07, 6.45) is 1.16. The zero-order chi connectivity index (χ0) is 9.56. The number of hydrogen-bond acceptors (Lipinski definition) is 4. The average molecular weight is 194 g/mol. The van der Waals surface area contributed by atoms with E-state index < -0.39 is 14.2 Å². The maximum absolute atomic E-state index is 8.64. The van der Waals surface area contributed by atoms with E-state index in [-0.39, 0.29) is 5.96 Å². The fourth-order valence-electron chi connectivity index (χ4n) is 0.624. The quantitative estimate of drug-likeness (QED) is 0.159. The van der Waals surface area contributed by atoms with E-state index in [1.54, 1.807) is 0 Å². The Kier molecular flexibility index (Phi) is 5.92. The topological polar surface area (TPSA) is 131 Å². The van der Waals surface area contributed by atoms with E-state index in [9.17, 15) is 0 Å². The van der Waals surface area contributed by atoms with Crippen LogP contribution in [0.4, 0.5) is 0 Å². The third-order valence-electron chi connectivity index (χ3n) is 1.25. The molecule has 72 valence electrons. The molecule has 0 aromatic rings. The van der Waals surface area contributed by atoms with Gasteiger partial charge in [-0.3, -0.25) is 4.99 Å². The van der Waals surface area contributed by atoms with Crippen molar-refractivity contribution in [1.82, 2.24) is 0 Å². The molecule has 0 aliphatic carbocycles. The minimum absolute atomic E-state index is 0.0406. The third-order valence-corrected chi connectivity index (χ3v) is 2.10. The Morgan fingerprint density at radius 3 is 2.42 bits per heavy atom. The van der Waals surface area contributed by atoms with Gasteiger partial charge in [-0.1, -0.05) is 0 Å². The zero-order valence-corrected chi connectivity index (χ0v) is 7.61. The second kappa shape index (κ2) is 6.14. The summed E-state index contributed by atoms with van der Waals surface area (Å²) in [7, 11) is -2.03. The summed E-state index contributed by atoms with van der Waals surface area (Å²) in [5, 5.41) is 0. The first-order chi connectivity index (χ1) is 5.54. The summed E-state index contributed by atoms with van der Waals surface area (Å²) in [6, 6.07) is 0. The van der Waals surface area contributed by atoms with E-state index in [0.29, 0.717) is 19.4 Å². The summed E-state index contributed by atoms with van der Waals surface area (Å²) in [4.78, 5) is 21.0. The maximum Gasteiger partial charge on any atom is 0.185 e. The van der Waals surface area contributed by atoms with E-state index in [2.05, 4.69) is 4.99 Å². The van der Waals surface area contributed by atoms with Gasteiger partial charge in [-0.05, 0) is 12.8 Å². The number of guanidine groups is 1. The van der Waals surface area contributed by atoms with Gasteiger partial charge in [-0.25, -0.2) is 0 Å². The van der Waals surface area contributed by atoms with E-state index in [1.807, 2.05) is 0 Å². The molecule has 0 fully saturated rings. The smallest absolute Gasteiger partial charge is 0.185 e. The SMILES string of the molecule is NC(N)=NCCC[C@@H](N)P(O)O. The first-order valence-corrected chi connectivity index (χ1v) is 4.83. The highest BCUT2D eigenvalue weighted by molar-refractivity contribution is 7.45. The standard InChI is InChI=1S/C5H15N4O2P/c6-4(12(10)11)2-1-3-9-5(7)8/h4,10-11H,1-3,6H2,(H4,7,8,9)/t4-/m0/s1. The predicted octanol–water partition coefficient (Wildman–Crippen LogP) is -1.38. The van der Waals surface area contributed by atoms with Gasteiger partial charge in [0.1, 0.15) is 0 Å². The molecule has 12 heavy (non-hydrogen) atoms. The number of rotatable bonds is 5. The fraction of sp³-hybridized carbons (Fsp3) is 0.800. The Morgan fingerprint density at radius 1 is 1.42 bits per heavy atom. The molecule has 0 unspecified atom stereocenters. The number of hydrogen-bond donors (Lipinski definition) is 5. The summed E-state index contributed by atoms with van der Waals surface area (Å²) in [6.45, 7) is 0.471. The second-order valence-corrected chi connectivity index (χ2v) is 3.64. The van der Waals surface area contributed by atoms with Crippen LogP contribution in [0, 0.1) is 0 Å². The summed E-state index contributed by atoms with van der Waals surface area (Å²) < 4.78 is 0. The van der Waals surface area contributed by atoms with Crippen molar-refractivity contribution in [2.75, 3.05) is 6.54 Å². The second-order valence-electron chi connectivity index (χ2n) is 2.34. The highest BCUT2D eigenvalue weighted by Gasteiger charge is 2.10. The van der Waals surface area contributed by atoms with Crippen LogP contribution in [0.5, 0.6) is 0 Å². The van der Waals surface area contributed by atoms with E-state index >= 15 is 0 Å². The summed E-state index contributed by atoms with van der Waals surface area (Å²) in [5.74, 6) is -0.520. The number of nitrogens with zero attached hydrogens (tertiary/aromatic N) is 1. The summed E-state index contributed by atoms with van der Waals surface area (Å²) >= 11 is 0. The lowest BCUT2D eigenvalue weighted by Gasteiger charge is -2.10. The Hall–Kier alpha value is -0.420. The number of aliphatic imine (C=N–C) groups is 1. The van der Waals surface area contributed by atoms with Crippen LogP contribution < -0.4 is 17.2 Å². The van der Waals surface area contributed by atoms with Gasteiger partial charge < -0.3 is 27.0 Å². The van der Waals surface area contributed by atoms with E-state index in [1.165, 1.54) is 0 Å². The van der Waals surface area contributed by atoms with Crippen LogP contribution in [-0.2, 0) is 0 Å². The van der Waals surface area contributed by atoms with Crippen LogP contribution in [0.3, 0.4) is 0 Å². The van der Waals surface area contributed by atoms with Gasteiger partial charge in [0.2, 0.25) is 0 Å². The lowest BCUT2D eigenvalue weighted by molar-refractivity contribution is 0.458. The molecule has 0 rings (SSSR count). The maximum atomic E-state index is 8.64. The molecule has 7 heteroatoms. The highest BCUT2D eigenvalue weighted by atomic mass is 31.2. The molecule has 0 saturated heterocycles. The molecule has 0 aliphatic heterocycles. The van der Waals surface area contributed by atoms with Gasteiger partial charge in [-0.15, -0.1) is 0 Å². The normalized spacial score (nSPS) is 13.0. The molecule has 0 heterocycles. The molecular formula is C5H15N4O2P. The van der Waals surface area contributed by atoms with Crippen LogP contribution in [0.15, 0.2) is 4.99 Å². The summed E-state index contributed by atoms with van der Waals surface area (Å²) in [5.41, 5.74) is 15.5. The van der Waals surface area contributed by atoms with Crippen molar-refractivity contribution in [1.29, 1.82) is 0 Å². The van der Waals surface area contributed by atoms with Gasteiger partial charge in [0.05, 0.1) is 5.78 Å². The van der Waals surface area contributed by atoms with Crippen LogP contribution >= 0.6 is 8.38 Å². The molecule has 0 aliphatic rings. The molecule has 0 bridgehead atoms. The predicted molar refractivity (Wildman–Crippen MR) is 49.2 cm³/mol. The zero-order valence-electron chi connectivity index (χ0n) is 6.72. The van der Waals surface area contributed by atoms with Gasteiger partial charge in [0.25, 0.3) is 0 Å². The van der Waals surface area contributed by atoms with Crippen molar-refractivity contribution in [2.24, 2.45) is 22.2 Å². The van der Waals surface area contributed by atoms with Gasteiger partial charge in [0.15, 0.2) is 14.3 Å². The van der Waals surface area contributed by atoms with Crippen molar-refractivity contribution >= 4 is 14.3 Å². The minimum atomic E-state index is -2.03. The Labute approximate surface area is 72.4 Å². The molecule has 8 N–H and O–H groups in total. The van der Waals surface area contributed by atoms with Crippen molar-refractivity contribution in [3.63, 3.8) is 0 Å². The molecule has 0 spiro atoms. The molecule has 0 aromatic carbocycles. The number of nitrogens with two attached hydrogens (primary N) is 3. The van der Waals surface area contributed by atoms with Crippen LogP contribution in [0.2, 0.25) is 0 Å². The third kappa shape index (κ3) is 6.30. The molecule has 0 radical (unpaired) electrons. The Morgan fingerprint density at radius 2 is 2.00 bits per heavy atom. The molecule has 0 saturated carbocycles. The van der Waals surface area contributed by atoms with Crippen LogP contribution in [0.25, 0.3) is 0 Å². The Balaban J connectivity index is 3.38. The average Bonchev–Trinajstić information content (AvgIpc) is 1.97. The first kappa shape index (κ1) is 11.6. The van der Waals surface area contributed by atoms with Crippen molar-refractivity contribution in [3.8, 4) is 0 Å². The lowest BCUT2D eigenvalue weighted by atomic mass is 10.3. The highest BCUT2D eigenvalue weighted by Crippen LogP contribution is 2.29. The van der Waals surface area contributed by atoms with Gasteiger partial charge >= 0.3 is 0 Å². The van der Waals surface area contributed by atoms with Crippen LogP contribution in [-0.4, -0.2) is 28.1 Å². The molecular weight excluding hydrogens is 179 g/mol. The van der Waals surface area contributed by atoms with Crippen molar-refractivity contribution < 1.29 is 9.79 Å². The van der Waals surface area contributed by atoms with Gasteiger partial charge in [0, 0.05) is 6.54 Å². The van der Waals surface area contributed by atoms with Crippen molar-refractivity contribution in [3.05, 3.63) is 0 Å². The van der Waals surface area contributed by atoms with E-state index in [4.69, 9.17) is 27.0 Å². The van der Waals surface area contributed by atoms with Gasteiger partial charge in [-0.2, -0.15) is 0 Å². The monoisotopic (exact) mass is 194 g/mol. The van der Waals surface area contributed by atoms with Crippen molar-refractivity contribution in [2.45, 2.75) is 18.6 Å². The van der Waals surface area contributed by atoms with Crippen LogP contribution in [0.1, 0.15) is 12.8 Å². The molecule has 1 atom stereocenters. The fourth-order valence-corrected chi connectivity index (χ4v) is 1.04. The molecule has 0 aromatic heterocycles.